The van der Waals surface area contributed by atoms with Crippen molar-refractivity contribution >= 4 is 11.6 Å². The molecule has 1 amide bonds. The van der Waals surface area contributed by atoms with E-state index < -0.39 is 0 Å². The molecule has 1 aromatic carbocycles. The topological polar surface area (TPSA) is 49.6 Å². The molecule has 162 valence electrons. The fourth-order valence-corrected chi connectivity index (χ4v) is 5.19. The Morgan fingerprint density at radius 1 is 1.00 bits per heavy atom. The molecule has 4 heterocycles. The van der Waals surface area contributed by atoms with Gasteiger partial charge in [0, 0.05) is 42.9 Å². The second-order valence-corrected chi connectivity index (χ2v) is 9.18. The Balaban J connectivity index is 1.04. The Morgan fingerprint density at radius 3 is 2.65 bits per heavy atom. The molecule has 0 spiro atoms. The number of nitrogens with zero attached hydrogens (tertiary/aromatic N) is 3. The molecule has 2 aliphatic heterocycles. The smallest absolute Gasteiger partial charge is 0.223 e. The molecule has 2 aliphatic rings. The summed E-state index contributed by atoms with van der Waals surface area (Å²) in [6.45, 7) is 4.30. The molecule has 0 aliphatic carbocycles. The van der Waals surface area contributed by atoms with Crippen LogP contribution in [0.4, 0.5) is 0 Å². The van der Waals surface area contributed by atoms with Crippen molar-refractivity contribution in [2.24, 2.45) is 11.8 Å². The minimum absolute atomic E-state index is 0.0212. The van der Waals surface area contributed by atoms with Gasteiger partial charge in [-0.1, -0.05) is 36.4 Å². The number of rotatable bonds is 7. The number of carbonyl (C=O) groups is 1. The highest BCUT2D eigenvalue weighted by molar-refractivity contribution is 5.79. The number of amides is 1. The van der Waals surface area contributed by atoms with Crippen molar-refractivity contribution in [3.63, 3.8) is 0 Å². The van der Waals surface area contributed by atoms with Gasteiger partial charge in [-0.15, -0.1) is 0 Å². The molecule has 31 heavy (non-hydrogen) atoms. The number of aromatic nitrogens is 2. The van der Waals surface area contributed by atoms with E-state index in [1.165, 1.54) is 37.1 Å². The number of aryl methyl sites for hydroxylation is 1. The molecular formula is C26H32N4O. The molecule has 1 saturated heterocycles. The van der Waals surface area contributed by atoms with E-state index in [1.807, 2.05) is 18.3 Å². The number of hydrogen-bond acceptors (Lipinski definition) is 3. The quantitative estimate of drug-likeness (QED) is 0.641. The van der Waals surface area contributed by atoms with Gasteiger partial charge in [-0.25, -0.2) is 4.98 Å². The normalized spacial score (nSPS) is 19.5. The zero-order chi connectivity index (χ0) is 21.0. The highest BCUT2D eigenvalue weighted by Crippen LogP contribution is 2.24. The highest BCUT2D eigenvalue weighted by Gasteiger charge is 2.27. The van der Waals surface area contributed by atoms with Crippen molar-refractivity contribution in [3.05, 3.63) is 71.7 Å². The monoisotopic (exact) mass is 416 g/mol. The first-order valence-electron chi connectivity index (χ1n) is 11.7. The fourth-order valence-electron chi connectivity index (χ4n) is 5.19. The van der Waals surface area contributed by atoms with Crippen molar-refractivity contribution in [3.8, 4) is 0 Å². The van der Waals surface area contributed by atoms with Crippen molar-refractivity contribution in [2.45, 2.75) is 38.5 Å². The predicted molar refractivity (Wildman–Crippen MR) is 123 cm³/mol. The molecule has 1 unspecified atom stereocenters. The van der Waals surface area contributed by atoms with Gasteiger partial charge in [0.2, 0.25) is 5.91 Å². The molecule has 0 saturated carbocycles. The zero-order valence-electron chi connectivity index (χ0n) is 18.2. The minimum Gasteiger partial charge on any atom is -0.356 e. The number of likely N-dealkylation sites (tertiary alicyclic amines) is 1. The van der Waals surface area contributed by atoms with Crippen LogP contribution in [-0.4, -0.2) is 46.4 Å². The summed E-state index contributed by atoms with van der Waals surface area (Å²) in [6, 6.07) is 16.9. The van der Waals surface area contributed by atoms with E-state index in [9.17, 15) is 4.79 Å². The summed E-state index contributed by atoms with van der Waals surface area (Å²) < 4.78 is 2.21. The summed E-state index contributed by atoms with van der Waals surface area (Å²) in [5.74, 6) is 0.828. The summed E-state index contributed by atoms with van der Waals surface area (Å²) in [5, 5.41) is 3.27. The number of benzene rings is 1. The van der Waals surface area contributed by atoms with Gasteiger partial charge in [0.05, 0.1) is 0 Å². The molecule has 3 aromatic rings. The largest absolute Gasteiger partial charge is 0.356 e. The molecule has 0 bridgehead atoms. The minimum atomic E-state index is 0.0212. The van der Waals surface area contributed by atoms with E-state index in [1.54, 1.807) is 0 Å². The van der Waals surface area contributed by atoms with Crippen molar-refractivity contribution in [1.82, 2.24) is 19.6 Å². The molecule has 5 heteroatoms. The van der Waals surface area contributed by atoms with E-state index in [0.717, 1.165) is 50.2 Å². The zero-order valence-corrected chi connectivity index (χ0v) is 18.2. The summed E-state index contributed by atoms with van der Waals surface area (Å²) in [6.07, 6.45) is 8.24. The Labute approximate surface area is 184 Å². The first-order chi connectivity index (χ1) is 15.3. The van der Waals surface area contributed by atoms with Crippen LogP contribution in [0.2, 0.25) is 0 Å². The summed E-state index contributed by atoms with van der Waals surface area (Å²) in [4.78, 5) is 19.9. The maximum absolute atomic E-state index is 12.9. The lowest BCUT2D eigenvalue weighted by molar-refractivity contribution is -0.125. The van der Waals surface area contributed by atoms with Crippen LogP contribution in [0, 0.1) is 11.8 Å². The van der Waals surface area contributed by atoms with Gasteiger partial charge in [0.15, 0.2) is 0 Å². The number of piperidine rings is 1. The molecule has 1 fully saturated rings. The van der Waals surface area contributed by atoms with Gasteiger partial charge in [-0.3, -0.25) is 4.79 Å². The number of nitrogens with one attached hydrogen (secondary N) is 1. The first kappa shape index (κ1) is 20.3. The SMILES string of the molecule is O=C(NCC1CCN(CCCc2ccccc2)CC1)C1Cc2cccc3ncc(n23)C1. The molecule has 0 radical (unpaired) electrons. The molecule has 5 rings (SSSR count). The molecule has 5 nitrogen and oxygen atoms in total. The molecule has 1 atom stereocenters. The van der Waals surface area contributed by atoms with Gasteiger partial charge in [0.25, 0.3) is 0 Å². The highest BCUT2D eigenvalue weighted by atomic mass is 16.1. The Hall–Kier alpha value is -2.66. The van der Waals surface area contributed by atoms with E-state index in [4.69, 9.17) is 0 Å². The Kier molecular flexibility index (Phi) is 6.03. The molecular weight excluding hydrogens is 384 g/mol. The van der Waals surface area contributed by atoms with Crippen LogP contribution in [-0.2, 0) is 24.1 Å². The van der Waals surface area contributed by atoms with Crippen LogP contribution in [0.25, 0.3) is 5.65 Å². The van der Waals surface area contributed by atoms with E-state index in [-0.39, 0.29) is 11.8 Å². The van der Waals surface area contributed by atoms with Gasteiger partial charge in [0.1, 0.15) is 5.65 Å². The van der Waals surface area contributed by atoms with Crippen LogP contribution in [0.5, 0.6) is 0 Å². The molecule has 2 aromatic heterocycles. The fraction of sp³-hybridized carbons (Fsp3) is 0.462. The van der Waals surface area contributed by atoms with Crippen molar-refractivity contribution < 1.29 is 4.79 Å². The molecule has 1 N–H and O–H groups in total. The van der Waals surface area contributed by atoms with Crippen molar-refractivity contribution in [2.75, 3.05) is 26.2 Å². The van der Waals surface area contributed by atoms with Crippen LogP contribution < -0.4 is 5.32 Å². The third-order valence-electron chi connectivity index (χ3n) is 7.02. The van der Waals surface area contributed by atoms with Crippen molar-refractivity contribution in [1.29, 1.82) is 0 Å². The third kappa shape index (κ3) is 4.67. The van der Waals surface area contributed by atoms with E-state index in [2.05, 4.69) is 56.0 Å². The summed E-state index contributed by atoms with van der Waals surface area (Å²) >= 11 is 0. The van der Waals surface area contributed by atoms with Crippen LogP contribution in [0.3, 0.4) is 0 Å². The first-order valence-corrected chi connectivity index (χ1v) is 11.7. The summed E-state index contributed by atoms with van der Waals surface area (Å²) in [7, 11) is 0. The predicted octanol–water partition coefficient (Wildman–Crippen LogP) is 3.51. The lowest BCUT2D eigenvalue weighted by Crippen LogP contribution is -2.41. The second-order valence-electron chi connectivity index (χ2n) is 9.18. The number of pyridine rings is 1. The number of imidazole rings is 1. The number of carbonyl (C=O) groups excluding carboxylic acids is 1. The lowest BCUT2D eigenvalue weighted by atomic mass is 9.92. The summed E-state index contributed by atoms with van der Waals surface area (Å²) in [5.41, 5.74) is 4.77. The average molecular weight is 417 g/mol. The maximum Gasteiger partial charge on any atom is 0.223 e. The second kappa shape index (κ2) is 9.23. The van der Waals surface area contributed by atoms with Gasteiger partial charge >= 0.3 is 0 Å². The Morgan fingerprint density at radius 2 is 1.81 bits per heavy atom. The van der Waals surface area contributed by atoms with Gasteiger partial charge < -0.3 is 14.6 Å². The lowest BCUT2D eigenvalue weighted by Gasteiger charge is -2.32. The van der Waals surface area contributed by atoms with Crippen LogP contribution in [0.15, 0.2) is 54.7 Å². The van der Waals surface area contributed by atoms with Crippen LogP contribution >= 0.6 is 0 Å². The standard InChI is InChI=1S/C26H32N4O/c31-26(22-16-23-9-4-10-25-27-19-24(17-22)30(23)25)28-18-21-11-14-29(15-12-21)13-5-8-20-6-2-1-3-7-20/h1-4,6-7,9-10,19,21-22H,5,8,11-18H2,(H,28,31). The number of hydrogen-bond donors (Lipinski definition) is 1. The Bertz CT molecular complexity index is 1020. The van der Waals surface area contributed by atoms with E-state index >= 15 is 0 Å². The van der Waals surface area contributed by atoms with Gasteiger partial charge in [-0.05, 0) is 68.9 Å². The average Bonchev–Trinajstić information content (AvgIpc) is 3.23. The van der Waals surface area contributed by atoms with E-state index in [0.29, 0.717) is 5.92 Å². The maximum atomic E-state index is 12.9. The van der Waals surface area contributed by atoms with Gasteiger partial charge in [-0.2, -0.15) is 0 Å². The van der Waals surface area contributed by atoms with Crippen LogP contribution in [0.1, 0.15) is 36.2 Å². The third-order valence-corrected chi connectivity index (χ3v) is 7.02.